The van der Waals surface area contributed by atoms with E-state index in [0.29, 0.717) is 5.56 Å². The van der Waals surface area contributed by atoms with Crippen LogP contribution in [0.1, 0.15) is 15.9 Å². The molecule has 0 aliphatic rings. The lowest BCUT2D eigenvalue weighted by molar-refractivity contribution is -0.274. The fraction of sp³-hybridized carbons (Fsp3) is 0.0625. The molecule has 0 radical (unpaired) electrons. The number of alkyl halides is 3. The number of ketones is 1. The average Bonchev–Trinajstić information content (AvgIpc) is 2.45. The average molecular weight is 292 g/mol. The molecule has 108 valence electrons. The Kier molecular flexibility index (Phi) is 4.42. The Bertz CT molecular complexity index is 646. The minimum absolute atomic E-state index is 0.180. The molecule has 0 saturated heterocycles. The second-order valence-electron chi connectivity index (χ2n) is 4.15. The van der Waals surface area contributed by atoms with Crippen molar-refractivity contribution < 1.29 is 22.7 Å². The predicted octanol–water partition coefficient (Wildman–Crippen LogP) is 4.48. The van der Waals surface area contributed by atoms with Crippen LogP contribution in [0.25, 0.3) is 6.08 Å². The number of hydrogen-bond acceptors (Lipinski definition) is 2. The van der Waals surface area contributed by atoms with Crippen molar-refractivity contribution in [3.63, 3.8) is 0 Å². The van der Waals surface area contributed by atoms with Gasteiger partial charge in [-0.1, -0.05) is 48.5 Å². The lowest BCUT2D eigenvalue weighted by atomic mass is 10.1. The quantitative estimate of drug-likeness (QED) is 0.613. The van der Waals surface area contributed by atoms with Crippen LogP contribution in [0.4, 0.5) is 13.2 Å². The zero-order valence-corrected chi connectivity index (χ0v) is 10.8. The summed E-state index contributed by atoms with van der Waals surface area (Å²) in [7, 11) is 0. The van der Waals surface area contributed by atoms with Gasteiger partial charge in [0, 0.05) is 11.1 Å². The van der Waals surface area contributed by atoms with Gasteiger partial charge >= 0.3 is 6.36 Å². The summed E-state index contributed by atoms with van der Waals surface area (Å²) < 4.78 is 40.7. The van der Waals surface area contributed by atoms with Crippen LogP contribution in [0.15, 0.2) is 60.7 Å². The van der Waals surface area contributed by atoms with Crippen molar-refractivity contribution in [3.8, 4) is 5.75 Å². The van der Waals surface area contributed by atoms with Gasteiger partial charge in [0.05, 0.1) is 0 Å². The summed E-state index contributed by atoms with van der Waals surface area (Å²) in [6.07, 6.45) is -2.25. The molecule has 2 nitrogen and oxygen atoms in total. The van der Waals surface area contributed by atoms with E-state index in [-0.39, 0.29) is 17.1 Å². The highest BCUT2D eigenvalue weighted by atomic mass is 19.4. The number of hydrogen-bond donors (Lipinski definition) is 0. The molecule has 0 unspecified atom stereocenters. The molecular weight excluding hydrogens is 281 g/mol. The van der Waals surface area contributed by atoms with E-state index in [2.05, 4.69) is 4.74 Å². The first-order valence-electron chi connectivity index (χ1n) is 6.08. The Hall–Kier alpha value is -2.56. The van der Waals surface area contributed by atoms with Crippen LogP contribution in [0.2, 0.25) is 0 Å². The number of para-hydroxylation sites is 1. The molecule has 0 amide bonds. The van der Waals surface area contributed by atoms with Crippen LogP contribution in [-0.2, 0) is 0 Å². The van der Waals surface area contributed by atoms with Crippen molar-refractivity contribution in [2.24, 2.45) is 0 Å². The van der Waals surface area contributed by atoms with Gasteiger partial charge in [0.25, 0.3) is 0 Å². The van der Waals surface area contributed by atoms with E-state index in [1.165, 1.54) is 30.4 Å². The van der Waals surface area contributed by atoms with E-state index in [9.17, 15) is 18.0 Å². The van der Waals surface area contributed by atoms with Crippen molar-refractivity contribution in [1.82, 2.24) is 0 Å². The maximum atomic E-state index is 12.3. The van der Waals surface area contributed by atoms with Crippen LogP contribution in [-0.4, -0.2) is 12.1 Å². The monoisotopic (exact) mass is 292 g/mol. The summed E-state index contributed by atoms with van der Waals surface area (Å²) >= 11 is 0. The maximum Gasteiger partial charge on any atom is 0.573 e. The third kappa shape index (κ3) is 4.49. The molecule has 0 heterocycles. The number of carbonyl (C=O) groups excluding carboxylic acids is 1. The highest BCUT2D eigenvalue weighted by Gasteiger charge is 2.31. The molecule has 0 aliphatic heterocycles. The Balaban J connectivity index is 2.20. The molecule has 21 heavy (non-hydrogen) atoms. The molecule has 2 aromatic carbocycles. The highest BCUT2D eigenvalue weighted by molar-refractivity contribution is 6.06. The van der Waals surface area contributed by atoms with Crippen LogP contribution < -0.4 is 4.74 Å². The maximum absolute atomic E-state index is 12.3. The molecule has 0 fully saturated rings. The minimum Gasteiger partial charge on any atom is -0.405 e. The molecule has 0 atom stereocenters. The lowest BCUT2D eigenvalue weighted by Crippen LogP contribution is -2.17. The van der Waals surface area contributed by atoms with Gasteiger partial charge in [-0.15, -0.1) is 13.2 Å². The van der Waals surface area contributed by atoms with Crippen LogP contribution in [0.3, 0.4) is 0 Å². The number of ether oxygens (including phenoxy) is 1. The van der Waals surface area contributed by atoms with Crippen molar-refractivity contribution in [2.45, 2.75) is 6.36 Å². The van der Waals surface area contributed by atoms with Gasteiger partial charge in [0.1, 0.15) is 5.75 Å². The second-order valence-corrected chi connectivity index (χ2v) is 4.15. The molecule has 0 bridgehead atoms. The summed E-state index contributed by atoms with van der Waals surface area (Å²) in [4.78, 5) is 11.9. The summed E-state index contributed by atoms with van der Waals surface area (Å²) in [5, 5.41) is 0. The molecule has 0 saturated carbocycles. The molecule has 2 rings (SSSR count). The zero-order chi connectivity index (χ0) is 15.3. The van der Waals surface area contributed by atoms with Crippen molar-refractivity contribution >= 4 is 11.9 Å². The Morgan fingerprint density at radius 3 is 2.24 bits per heavy atom. The van der Waals surface area contributed by atoms with E-state index in [0.717, 1.165) is 0 Å². The smallest absolute Gasteiger partial charge is 0.405 e. The SMILES string of the molecule is O=C(/C=C/c1ccccc1OC(F)(F)F)c1ccccc1. The van der Waals surface area contributed by atoms with E-state index in [4.69, 9.17) is 0 Å². The Labute approximate surface area is 119 Å². The highest BCUT2D eigenvalue weighted by Crippen LogP contribution is 2.27. The molecule has 2 aromatic rings. The van der Waals surface area contributed by atoms with Crippen molar-refractivity contribution in [1.29, 1.82) is 0 Å². The van der Waals surface area contributed by atoms with E-state index in [1.54, 1.807) is 36.4 Å². The van der Waals surface area contributed by atoms with Crippen molar-refractivity contribution in [2.75, 3.05) is 0 Å². The van der Waals surface area contributed by atoms with Crippen LogP contribution in [0.5, 0.6) is 5.75 Å². The summed E-state index contributed by atoms with van der Waals surface area (Å²) in [6, 6.07) is 14.1. The van der Waals surface area contributed by atoms with Gasteiger partial charge in [-0.3, -0.25) is 4.79 Å². The van der Waals surface area contributed by atoms with Gasteiger partial charge in [-0.25, -0.2) is 0 Å². The standard InChI is InChI=1S/C16H11F3O2/c17-16(18,19)21-15-9-5-4-8-13(15)10-11-14(20)12-6-2-1-3-7-12/h1-11H/b11-10+. The topological polar surface area (TPSA) is 26.3 Å². The van der Waals surface area contributed by atoms with E-state index in [1.807, 2.05) is 0 Å². The fourth-order valence-electron chi connectivity index (χ4n) is 1.70. The van der Waals surface area contributed by atoms with Crippen LogP contribution in [0, 0.1) is 0 Å². The molecule has 0 aromatic heterocycles. The van der Waals surface area contributed by atoms with Gasteiger partial charge in [0.15, 0.2) is 5.78 Å². The number of benzene rings is 2. The lowest BCUT2D eigenvalue weighted by Gasteiger charge is -2.10. The van der Waals surface area contributed by atoms with Crippen LogP contribution >= 0.6 is 0 Å². The van der Waals surface area contributed by atoms with Gasteiger partial charge < -0.3 is 4.74 Å². The Morgan fingerprint density at radius 1 is 0.952 bits per heavy atom. The normalized spacial score (nSPS) is 11.6. The first-order valence-corrected chi connectivity index (χ1v) is 6.08. The first kappa shape index (κ1) is 14.8. The number of carbonyl (C=O) groups is 1. The third-order valence-electron chi connectivity index (χ3n) is 2.62. The van der Waals surface area contributed by atoms with Gasteiger partial charge in [-0.05, 0) is 18.2 Å². The largest absolute Gasteiger partial charge is 0.573 e. The zero-order valence-electron chi connectivity index (χ0n) is 10.8. The number of allylic oxidation sites excluding steroid dienone is 1. The second kappa shape index (κ2) is 6.26. The molecule has 0 N–H and O–H groups in total. The van der Waals surface area contributed by atoms with Gasteiger partial charge in [-0.2, -0.15) is 0 Å². The number of rotatable bonds is 4. The Morgan fingerprint density at radius 2 is 1.57 bits per heavy atom. The summed E-state index contributed by atoms with van der Waals surface area (Å²) in [6.45, 7) is 0. The van der Waals surface area contributed by atoms with E-state index >= 15 is 0 Å². The third-order valence-corrected chi connectivity index (χ3v) is 2.62. The molecule has 5 heteroatoms. The predicted molar refractivity (Wildman–Crippen MR) is 72.9 cm³/mol. The summed E-state index contributed by atoms with van der Waals surface area (Å²) in [5.41, 5.74) is 0.641. The van der Waals surface area contributed by atoms with Gasteiger partial charge in [0.2, 0.25) is 0 Å². The fourth-order valence-corrected chi connectivity index (χ4v) is 1.70. The van der Waals surface area contributed by atoms with Crippen molar-refractivity contribution in [3.05, 3.63) is 71.8 Å². The summed E-state index contributed by atoms with van der Waals surface area (Å²) in [5.74, 6) is -0.639. The minimum atomic E-state index is -4.77. The number of halogens is 3. The molecular formula is C16H11F3O2. The molecule has 0 spiro atoms. The molecule has 0 aliphatic carbocycles. The van der Waals surface area contributed by atoms with E-state index < -0.39 is 6.36 Å². The first-order chi connectivity index (χ1) is 9.96.